The molecule has 0 radical (unpaired) electrons. The van der Waals surface area contributed by atoms with Crippen molar-refractivity contribution in [2.75, 3.05) is 10.6 Å². The molecule has 0 aliphatic carbocycles. The van der Waals surface area contributed by atoms with Crippen molar-refractivity contribution in [2.24, 2.45) is 0 Å². The van der Waals surface area contributed by atoms with E-state index in [1.54, 1.807) is 60.7 Å². The van der Waals surface area contributed by atoms with Crippen LogP contribution in [0.1, 0.15) is 27.7 Å². The van der Waals surface area contributed by atoms with E-state index in [2.05, 4.69) is 15.4 Å². The van der Waals surface area contributed by atoms with Crippen LogP contribution >= 0.6 is 11.6 Å². The van der Waals surface area contributed by atoms with Gasteiger partial charge in [0.05, 0.1) is 16.4 Å². The van der Waals surface area contributed by atoms with Gasteiger partial charge in [0, 0.05) is 5.56 Å². The Morgan fingerprint density at radius 3 is 2.48 bits per heavy atom. The largest absolute Gasteiger partial charge is 0.364 e. The van der Waals surface area contributed by atoms with Gasteiger partial charge in [-0.25, -0.2) is 8.42 Å². The lowest BCUT2D eigenvalue weighted by Crippen LogP contribution is -2.38. The molecule has 6 nitrogen and oxygen atoms in total. The average Bonchev–Trinajstić information content (AvgIpc) is 2.69. The van der Waals surface area contributed by atoms with Crippen molar-refractivity contribution >= 4 is 38.9 Å². The van der Waals surface area contributed by atoms with Crippen LogP contribution in [0.2, 0.25) is 5.02 Å². The summed E-state index contributed by atoms with van der Waals surface area (Å²) in [6.45, 7) is 1.92. The van der Waals surface area contributed by atoms with Crippen LogP contribution in [0.3, 0.4) is 0 Å². The third kappa shape index (κ3) is 3.98. The fourth-order valence-electron chi connectivity index (χ4n) is 3.12. The molecule has 148 valence electrons. The summed E-state index contributed by atoms with van der Waals surface area (Å²) in [4.78, 5) is 12.7. The molecule has 0 bridgehead atoms. The molecule has 1 atom stereocenters. The lowest BCUT2D eigenvalue weighted by atomic mass is 10.1. The number of halogens is 1. The van der Waals surface area contributed by atoms with E-state index in [-0.39, 0.29) is 10.8 Å². The summed E-state index contributed by atoms with van der Waals surface area (Å²) < 4.78 is 27.5. The first-order chi connectivity index (χ1) is 13.8. The van der Waals surface area contributed by atoms with E-state index in [1.807, 2.05) is 13.0 Å². The number of carbonyl (C=O) groups excluding carboxylic acids is 1. The summed E-state index contributed by atoms with van der Waals surface area (Å²) in [7, 11) is -3.62. The smallest absolute Gasteiger partial charge is 0.255 e. The van der Waals surface area contributed by atoms with Crippen LogP contribution in [0.5, 0.6) is 0 Å². The Bertz CT molecular complexity index is 1190. The normalized spacial score (nSPS) is 17.1. The maximum atomic E-state index is 12.5. The van der Waals surface area contributed by atoms with Gasteiger partial charge in [0.25, 0.3) is 5.91 Å². The summed E-state index contributed by atoms with van der Waals surface area (Å²) in [5, 5.41) is 6.41. The van der Waals surface area contributed by atoms with Gasteiger partial charge in [0.15, 0.2) is 0 Å². The van der Waals surface area contributed by atoms with Crippen LogP contribution in [-0.4, -0.2) is 14.3 Å². The lowest BCUT2D eigenvalue weighted by molar-refractivity contribution is 0.102. The first-order valence-corrected chi connectivity index (χ1v) is 10.7. The Morgan fingerprint density at radius 1 is 1.03 bits per heavy atom. The molecule has 1 aliphatic heterocycles. The monoisotopic (exact) mass is 427 g/mol. The fourth-order valence-corrected chi connectivity index (χ4v) is 4.71. The Hall–Kier alpha value is -2.87. The average molecular weight is 428 g/mol. The summed E-state index contributed by atoms with van der Waals surface area (Å²) in [5.41, 5.74) is 3.19. The van der Waals surface area contributed by atoms with Crippen molar-refractivity contribution in [2.45, 2.75) is 18.0 Å². The lowest BCUT2D eigenvalue weighted by Gasteiger charge is -2.28. The SMILES string of the molecule is Cc1ccc(NC(=O)c2ccc(C3Nc4ccccc4S(=O)(=O)N3)cc2)c(Cl)c1. The third-order valence-corrected chi connectivity index (χ3v) is 6.42. The fraction of sp³-hybridized carbons (Fsp3) is 0.0952. The number of anilines is 2. The first-order valence-electron chi connectivity index (χ1n) is 8.89. The molecule has 1 heterocycles. The molecule has 29 heavy (non-hydrogen) atoms. The summed E-state index contributed by atoms with van der Waals surface area (Å²) in [5.74, 6) is -0.301. The van der Waals surface area contributed by atoms with Crippen molar-refractivity contribution in [3.63, 3.8) is 0 Å². The summed E-state index contributed by atoms with van der Waals surface area (Å²) in [6, 6.07) is 18.8. The number of aryl methyl sites for hydroxylation is 1. The molecule has 3 N–H and O–H groups in total. The molecule has 0 fully saturated rings. The van der Waals surface area contributed by atoms with Crippen LogP contribution in [-0.2, 0) is 10.0 Å². The van der Waals surface area contributed by atoms with E-state index in [0.29, 0.717) is 27.5 Å². The predicted octanol–water partition coefficient (Wildman–Crippen LogP) is 4.30. The van der Waals surface area contributed by atoms with Gasteiger partial charge >= 0.3 is 0 Å². The molecule has 4 rings (SSSR count). The molecule has 1 aliphatic rings. The van der Waals surface area contributed by atoms with Gasteiger partial charge in [-0.2, -0.15) is 4.72 Å². The number of sulfonamides is 1. The number of hydrogen-bond acceptors (Lipinski definition) is 4. The molecule has 0 spiro atoms. The van der Waals surface area contributed by atoms with Crippen LogP contribution in [0.4, 0.5) is 11.4 Å². The van der Waals surface area contributed by atoms with Crippen LogP contribution < -0.4 is 15.4 Å². The van der Waals surface area contributed by atoms with E-state index in [1.165, 1.54) is 0 Å². The number of carbonyl (C=O) groups is 1. The maximum absolute atomic E-state index is 12.5. The van der Waals surface area contributed by atoms with Gasteiger partial charge < -0.3 is 10.6 Å². The Morgan fingerprint density at radius 2 is 1.76 bits per heavy atom. The highest BCUT2D eigenvalue weighted by Gasteiger charge is 2.29. The molecule has 0 aromatic heterocycles. The second-order valence-corrected chi connectivity index (χ2v) is 8.84. The first kappa shape index (κ1) is 19.4. The molecule has 1 amide bonds. The quantitative estimate of drug-likeness (QED) is 0.581. The van der Waals surface area contributed by atoms with Gasteiger partial charge in [-0.15, -0.1) is 0 Å². The topological polar surface area (TPSA) is 87.3 Å². The number of benzene rings is 3. The van der Waals surface area contributed by atoms with Gasteiger partial charge in [-0.3, -0.25) is 4.79 Å². The van der Waals surface area contributed by atoms with E-state index in [9.17, 15) is 13.2 Å². The zero-order valence-electron chi connectivity index (χ0n) is 15.4. The second-order valence-electron chi connectivity index (χ2n) is 6.75. The molecule has 0 saturated heterocycles. The van der Waals surface area contributed by atoms with E-state index >= 15 is 0 Å². The third-order valence-electron chi connectivity index (χ3n) is 4.63. The van der Waals surface area contributed by atoms with Crippen molar-refractivity contribution in [1.29, 1.82) is 0 Å². The highest BCUT2D eigenvalue weighted by molar-refractivity contribution is 7.89. The minimum absolute atomic E-state index is 0.210. The van der Waals surface area contributed by atoms with Crippen LogP contribution in [0.15, 0.2) is 71.6 Å². The highest BCUT2D eigenvalue weighted by Crippen LogP contribution is 2.31. The second kappa shape index (κ2) is 7.51. The number of para-hydroxylation sites is 1. The number of rotatable bonds is 3. The number of amides is 1. The minimum atomic E-state index is -3.62. The number of fused-ring (bicyclic) bond motifs is 1. The van der Waals surface area contributed by atoms with Crippen LogP contribution in [0.25, 0.3) is 0 Å². The maximum Gasteiger partial charge on any atom is 0.255 e. The van der Waals surface area contributed by atoms with Gasteiger partial charge in [0.2, 0.25) is 10.0 Å². The molecule has 0 saturated carbocycles. The Labute approximate surface area is 174 Å². The van der Waals surface area contributed by atoms with Gasteiger partial charge in [-0.05, 0) is 54.4 Å². The highest BCUT2D eigenvalue weighted by atomic mass is 35.5. The van der Waals surface area contributed by atoms with E-state index < -0.39 is 16.2 Å². The Balaban J connectivity index is 1.53. The molecule has 3 aromatic rings. The summed E-state index contributed by atoms with van der Waals surface area (Å²) in [6.07, 6.45) is -0.626. The molecule has 8 heteroatoms. The van der Waals surface area contributed by atoms with Crippen molar-refractivity contribution in [1.82, 2.24) is 4.72 Å². The molecular weight excluding hydrogens is 410 g/mol. The predicted molar refractivity (Wildman–Crippen MR) is 114 cm³/mol. The number of hydrogen-bond donors (Lipinski definition) is 3. The minimum Gasteiger partial charge on any atom is -0.364 e. The van der Waals surface area contributed by atoms with Crippen molar-refractivity contribution in [3.05, 3.63) is 88.4 Å². The standard InChI is InChI=1S/C21H18ClN3O3S/c1-13-6-11-17(16(22)12-13)24-21(26)15-9-7-14(8-10-15)20-23-18-4-2-3-5-19(18)29(27,28)25-20/h2-12,20,23,25H,1H3,(H,24,26). The van der Waals surface area contributed by atoms with E-state index in [4.69, 9.17) is 11.6 Å². The van der Waals surface area contributed by atoms with Crippen LogP contribution in [0, 0.1) is 6.92 Å². The zero-order chi connectivity index (χ0) is 20.6. The zero-order valence-corrected chi connectivity index (χ0v) is 17.0. The molecule has 1 unspecified atom stereocenters. The molecule has 3 aromatic carbocycles. The Kier molecular flexibility index (Phi) is 5.04. The van der Waals surface area contributed by atoms with Crippen molar-refractivity contribution in [3.8, 4) is 0 Å². The van der Waals surface area contributed by atoms with E-state index in [0.717, 1.165) is 5.56 Å². The summed E-state index contributed by atoms with van der Waals surface area (Å²) >= 11 is 6.17. The molecular formula is C21H18ClN3O3S. The van der Waals surface area contributed by atoms with Crippen molar-refractivity contribution < 1.29 is 13.2 Å². The van der Waals surface area contributed by atoms with Gasteiger partial charge in [0.1, 0.15) is 11.1 Å². The van der Waals surface area contributed by atoms with Gasteiger partial charge in [-0.1, -0.05) is 41.9 Å². The number of nitrogens with one attached hydrogen (secondary N) is 3.